The predicted octanol–water partition coefficient (Wildman–Crippen LogP) is 2.97. The Hall–Kier alpha value is -2.53. The van der Waals surface area contributed by atoms with Gasteiger partial charge >= 0.3 is 0 Å². The summed E-state index contributed by atoms with van der Waals surface area (Å²) in [7, 11) is 1.98. The SMILES string of the molecule is CNC(C1CCN(C(=O)c2ccccc2)CC1)C1COc2ccccc2O1. The quantitative estimate of drug-likeness (QED) is 0.904. The Morgan fingerprint density at radius 2 is 1.70 bits per heavy atom. The molecule has 2 aromatic carbocycles. The first-order valence-corrected chi connectivity index (χ1v) is 9.66. The van der Waals surface area contributed by atoms with Gasteiger partial charge in [0.15, 0.2) is 11.5 Å². The number of carbonyl (C=O) groups is 1. The number of fused-ring (bicyclic) bond motifs is 1. The molecular formula is C22H26N2O3. The average molecular weight is 366 g/mol. The van der Waals surface area contributed by atoms with Crippen LogP contribution in [0.1, 0.15) is 23.2 Å². The number of nitrogens with one attached hydrogen (secondary N) is 1. The van der Waals surface area contributed by atoms with Crippen LogP contribution in [0.4, 0.5) is 0 Å². The third kappa shape index (κ3) is 3.78. The molecule has 0 bridgehead atoms. The van der Waals surface area contributed by atoms with Crippen molar-refractivity contribution >= 4 is 5.91 Å². The Morgan fingerprint density at radius 3 is 2.41 bits per heavy atom. The van der Waals surface area contributed by atoms with Crippen molar-refractivity contribution < 1.29 is 14.3 Å². The fraction of sp³-hybridized carbons (Fsp3) is 0.409. The van der Waals surface area contributed by atoms with Gasteiger partial charge in [0.25, 0.3) is 5.91 Å². The monoisotopic (exact) mass is 366 g/mol. The van der Waals surface area contributed by atoms with Gasteiger partial charge in [0, 0.05) is 18.7 Å². The molecular weight excluding hydrogens is 340 g/mol. The summed E-state index contributed by atoms with van der Waals surface area (Å²) in [5.41, 5.74) is 0.765. The molecule has 0 spiro atoms. The van der Waals surface area contributed by atoms with E-state index in [2.05, 4.69) is 5.32 Å². The summed E-state index contributed by atoms with van der Waals surface area (Å²) < 4.78 is 12.1. The Labute approximate surface area is 160 Å². The maximum Gasteiger partial charge on any atom is 0.253 e. The van der Waals surface area contributed by atoms with Crippen molar-refractivity contribution in [1.82, 2.24) is 10.2 Å². The number of para-hydroxylation sites is 2. The van der Waals surface area contributed by atoms with E-state index in [9.17, 15) is 4.79 Å². The van der Waals surface area contributed by atoms with Gasteiger partial charge in [-0.15, -0.1) is 0 Å². The summed E-state index contributed by atoms with van der Waals surface area (Å²) in [5, 5.41) is 3.44. The minimum absolute atomic E-state index is 0.0220. The van der Waals surface area contributed by atoms with Gasteiger partial charge in [-0.1, -0.05) is 30.3 Å². The molecule has 5 nitrogen and oxygen atoms in total. The second kappa shape index (κ2) is 8.01. The van der Waals surface area contributed by atoms with Gasteiger partial charge in [-0.2, -0.15) is 0 Å². The molecule has 2 heterocycles. The lowest BCUT2D eigenvalue weighted by molar-refractivity contribution is 0.0301. The fourth-order valence-corrected chi connectivity index (χ4v) is 4.16. The van der Waals surface area contributed by atoms with Crippen molar-refractivity contribution in [1.29, 1.82) is 0 Å². The first kappa shape index (κ1) is 17.9. The van der Waals surface area contributed by atoms with E-state index < -0.39 is 0 Å². The zero-order valence-corrected chi connectivity index (χ0v) is 15.6. The van der Waals surface area contributed by atoms with Gasteiger partial charge < -0.3 is 19.7 Å². The molecule has 1 amide bonds. The van der Waals surface area contributed by atoms with Crippen LogP contribution in [-0.2, 0) is 0 Å². The molecule has 2 unspecified atom stereocenters. The lowest BCUT2D eigenvalue weighted by Gasteiger charge is -2.40. The zero-order valence-electron chi connectivity index (χ0n) is 15.6. The highest BCUT2D eigenvalue weighted by atomic mass is 16.6. The van der Waals surface area contributed by atoms with Crippen molar-refractivity contribution in [2.24, 2.45) is 5.92 Å². The van der Waals surface area contributed by atoms with E-state index >= 15 is 0 Å². The van der Waals surface area contributed by atoms with Crippen LogP contribution in [0.15, 0.2) is 54.6 Å². The molecule has 2 aliphatic heterocycles. The first-order valence-electron chi connectivity index (χ1n) is 9.66. The normalized spacial score (nSPS) is 20.9. The molecule has 142 valence electrons. The molecule has 1 fully saturated rings. The standard InChI is InChI=1S/C22H26N2O3/c1-23-21(20-15-26-18-9-5-6-10-19(18)27-20)16-11-13-24(14-12-16)22(25)17-7-3-2-4-8-17/h2-10,16,20-21,23H,11-15H2,1H3. The van der Waals surface area contributed by atoms with E-state index in [4.69, 9.17) is 9.47 Å². The van der Waals surface area contributed by atoms with Crippen LogP contribution in [-0.4, -0.2) is 49.7 Å². The number of ether oxygens (including phenoxy) is 2. The highest BCUT2D eigenvalue weighted by Crippen LogP contribution is 2.34. The minimum atomic E-state index is -0.0220. The molecule has 2 atom stereocenters. The first-order chi connectivity index (χ1) is 13.3. The van der Waals surface area contributed by atoms with Crippen molar-refractivity contribution in [3.63, 3.8) is 0 Å². The minimum Gasteiger partial charge on any atom is -0.486 e. The lowest BCUT2D eigenvalue weighted by Crippen LogP contribution is -2.53. The molecule has 0 aliphatic carbocycles. The number of likely N-dealkylation sites (tertiary alicyclic amines) is 1. The maximum absolute atomic E-state index is 12.7. The number of piperidine rings is 1. The second-order valence-corrected chi connectivity index (χ2v) is 7.22. The Morgan fingerprint density at radius 1 is 1.04 bits per heavy atom. The van der Waals surface area contributed by atoms with Crippen LogP contribution in [0, 0.1) is 5.92 Å². The van der Waals surface area contributed by atoms with Crippen molar-refractivity contribution in [2.75, 3.05) is 26.7 Å². The number of amides is 1. The maximum atomic E-state index is 12.7. The Bertz CT molecular complexity index is 772. The molecule has 27 heavy (non-hydrogen) atoms. The molecule has 0 saturated carbocycles. The molecule has 2 aromatic rings. The highest BCUT2D eigenvalue weighted by Gasteiger charge is 2.36. The summed E-state index contributed by atoms with van der Waals surface area (Å²) in [6.45, 7) is 2.10. The summed E-state index contributed by atoms with van der Waals surface area (Å²) in [5.74, 6) is 2.20. The van der Waals surface area contributed by atoms with Crippen LogP contribution in [0.3, 0.4) is 0 Å². The number of hydrogen-bond acceptors (Lipinski definition) is 4. The third-order valence-corrected chi connectivity index (χ3v) is 5.62. The summed E-state index contributed by atoms with van der Waals surface area (Å²) in [4.78, 5) is 14.6. The highest BCUT2D eigenvalue weighted by molar-refractivity contribution is 5.94. The predicted molar refractivity (Wildman–Crippen MR) is 104 cm³/mol. The second-order valence-electron chi connectivity index (χ2n) is 7.22. The van der Waals surface area contributed by atoms with Gasteiger partial charge in [-0.3, -0.25) is 4.79 Å². The lowest BCUT2D eigenvalue weighted by atomic mass is 9.86. The number of likely N-dealkylation sites (N-methyl/N-ethyl adjacent to an activating group) is 1. The van der Waals surface area contributed by atoms with Crippen LogP contribution in [0.25, 0.3) is 0 Å². The van der Waals surface area contributed by atoms with Gasteiger partial charge in [0.05, 0.1) is 6.04 Å². The number of hydrogen-bond donors (Lipinski definition) is 1. The number of benzene rings is 2. The number of carbonyl (C=O) groups excluding carboxylic acids is 1. The van der Waals surface area contributed by atoms with Crippen molar-refractivity contribution in [3.05, 3.63) is 60.2 Å². The smallest absolute Gasteiger partial charge is 0.253 e. The van der Waals surface area contributed by atoms with E-state index in [1.54, 1.807) is 0 Å². The Balaban J connectivity index is 1.37. The van der Waals surface area contributed by atoms with Gasteiger partial charge in [0.1, 0.15) is 12.7 Å². The zero-order chi connectivity index (χ0) is 18.6. The van der Waals surface area contributed by atoms with Gasteiger partial charge in [-0.05, 0) is 50.1 Å². The van der Waals surface area contributed by atoms with Crippen LogP contribution < -0.4 is 14.8 Å². The molecule has 0 aromatic heterocycles. The average Bonchev–Trinajstić information content (AvgIpc) is 2.75. The van der Waals surface area contributed by atoms with Crippen molar-refractivity contribution in [2.45, 2.75) is 25.0 Å². The van der Waals surface area contributed by atoms with Gasteiger partial charge in [-0.25, -0.2) is 0 Å². The fourth-order valence-electron chi connectivity index (χ4n) is 4.16. The Kier molecular flexibility index (Phi) is 5.30. The van der Waals surface area contributed by atoms with Crippen LogP contribution in [0.2, 0.25) is 0 Å². The van der Waals surface area contributed by atoms with Crippen molar-refractivity contribution in [3.8, 4) is 11.5 Å². The largest absolute Gasteiger partial charge is 0.486 e. The molecule has 4 rings (SSSR count). The molecule has 0 radical (unpaired) electrons. The molecule has 1 saturated heterocycles. The van der Waals surface area contributed by atoms with Crippen LogP contribution in [0.5, 0.6) is 11.5 Å². The van der Waals surface area contributed by atoms with E-state index in [1.165, 1.54) is 0 Å². The summed E-state index contributed by atoms with van der Waals surface area (Å²) >= 11 is 0. The molecule has 1 N–H and O–H groups in total. The van der Waals surface area contributed by atoms with Crippen LogP contribution >= 0.6 is 0 Å². The van der Waals surface area contributed by atoms with E-state index in [-0.39, 0.29) is 18.1 Å². The molecule has 5 heteroatoms. The van der Waals surface area contributed by atoms with E-state index in [0.717, 1.165) is 43.0 Å². The van der Waals surface area contributed by atoms with E-state index in [1.807, 2.05) is 66.5 Å². The molecule has 2 aliphatic rings. The summed E-state index contributed by atoms with van der Waals surface area (Å²) in [6.07, 6.45) is 1.91. The number of nitrogens with zero attached hydrogens (tertiary/aromatic N) is 1. The van der Waals surface area contributed by atoms with E-state index in [0.29, 0.717) is 12.5 Å². The third-order valence-electron chi connectivity index (χ3n) is 5.62. The summed E-state index contributed by atoms with van der Waals surface area (Å²) in [6, 6.07) is 17.5. The topological polar surface area (TPSA) is 50.8 Å². The van der Waals surface area contributed by atoms with Gasteiger partial charge in [0.2, 0.25) is 0 Å². The number of rotatable bonds is 4.